The third-order valence-corrected chi connectivity index (χ3v) is 13.6. The van der Waals surface area contributed by atoms with Gasteiger partial charge in [0.1, 0.15) is 23.2 Å². The Hall–Kier alpha value is -3.30. The minimum absolute atomic E-state index is 0.158. The molecular weight excluding hydrogens is 573 g/mol. The molecule has 2 N–H and O–H groups in total. The summed E-state index contributed by atoms with van der Waals surface area (Å²) in [5, 5.41) is 26.1. The largest absolute Gasteiger partial charge is 0.394 e. The minimum atomic E-state index is -2.21. The average Bonchev–Trinajstić information content (AvgIpc) is 3.10. The van der Waals surface area contributed by atoms with Crippen LogP contribution < -0.4 is 15.9 Å². The molecule has 45 heavy (non-hydrogen) atoms. The van der Waals surface area contributed by atoms with Gasteiger partial charge >= 0.3 is 0 Å². The van der Waals surface area contributed by atoms with Gasteiger partial charge in [0.15, 0.2) is 0 Å². The van der Waals surface area contributed by atoms with Crippen molar-refractivity contribution in [3.63, 3.8) is 0 Å². The van der Waals surface area contributed by atoms with E-state index in [0.717, 1.165) is 17.0 Å². The molecule has 0 fully saturated rings. The molecule has 4 nitrogen and oxygen atoms in total. The van der Waals surface area contributed by atoms with Gasteiger partial charge < -0.3 is 5.11 Å². The quantitative estimate of drug-likeness (QED) is 0.0513. The Balaban J connectivity index is 1.44. The number of rotatable bonds is 18. The van der Waals surface area contributed by atoms with Gasteiger partial charge in [-0.3, -0.25) is 10.0 Å². The van der Waals surface area contributed by atoms with Crippen molar-refractivity contribution < 1.29 is 15.1 Å². The Morgan fingerprint density at radius 2 is 1.11 bits per heavy atom. The molecule has 1 amide bonds. The van der Waals surface area contributed by atoms with E-state index < -0.39 is 12.8 Å². The van der Waals surface area contributed by atoms with Crippen LogP contribution >= 0.6 is 7.26 Å². The number of hydrogen-bond acceptors (Lipinski definition) is 3. The van der Waals surface area contributed by atoms with Crippen LogP contribution in [-0.4, -0.2) is 39.6 Å². The number of aliphatic hydroxyl groups excluding tert-OH is 1. The van der Waals surface area contributed by atoms with E-state index in [1.54, 1.807) is 6.92 Å². The van der Waals surface area contributed by atoms with E-state index in [1.807, 2.05) is 18.2 Å². The van der Waals surface area contributed by atoms with Crippen molar-refractivity contribution in [1.82, 2.24) is 5.06 Å². The Labute approximate surface area is 271 Å². The number of nitrogens with zero attached hydrogens (tertiary/aromatic N) is 1. The molecule has 0 radical (unpaired) electrons. The molecule has 1 atom stereocenters. The predicted octanol–water partition coefficient (Wildman–Crippen LogP) is 7.88. The highest BCUT2D eigenvalue weighted by atomic mass is 31.2. The molecule has 1 unspecified atom stereocenters. The Kier molecular flexibility index (Phi) is 13.4. The molecule has 0 saturated carbocycles. The number of aliphatic hydroxyl groups is 1. The summed E-state index contributed by atoms with van der Waals surface area (Å²) in [7, 11) is -2.21. The number of hydrogen-bond donors (Lipinski definition) is 2. The first kappa shape index (κ1) is 34.6. The van der Waals surface area contributed by atoms with E-state index >= 15 is 0 Å². The van der Waals surface area contributed by atoms with Gasteiger partial charge in [-0.1, -0.05) is 118 Å². The van der Waals surface area contributed by atoms with Crippen molar-refractivity contribution in [3.8, 4) is 0 Å². The highest BCUT2D eigenvalue weighted by Gasteiger charge is 2.46. The maximum atomic E-state index is 13.7. The summed E-state index contributed by atoms with van der Waals surface area (Å²) < 4.78 is 0. The molecular formula is C40H51NO3P+. The smallest absolute Gasteiger partial charge is 0.250 e. The van der Waals surface area contributed by atoms with Gasteiger partial charge in [0, 0.05) is 0 Å². The van der Waals surface area contributed by atoms with Crippen molar-refractivity contribution >= 4 is 29.1 Å². The fourth-order valence-corrected chi connectivity index (χ4v) is 10.4. The fraction of sp³-hybridized carbons (Fsp3) is 0.375. The lowest BCUT2D eigenvalue weighted by Gasteiger charge is -2.36. The Morgan fingerprint density at radius 3 is 1.58 bits per heavy atom. The number of aryl methyl sites for hydroxylation is 2. The zero-order valence-electron chi connectivity index (χ0n) is 27.2. The molecule has 0 aromatic heterocycles. The topological polar surface area (TPSA) is 60.8 Å². The monoisotopic (exact) mass is 624 g/mol. The summed E-state index contributed by atoms with van der Waals surface area (Å²) in [5.74, 6) is -0.368. The van der Waals surface area contributed by atoms with E-state index in [9.17, 15) is 15.1 Å². The van der Waals surface area contributed by atoms with Crippen molar-refractivity contribution in [2.24, 2.45) is 0 Å². The first-order valence-corrected chi connectivity index (χ1v) is 18.7. The number of benzene rings is 4. The summed E-state index contributed by atoms with van der Waals surface area (Å²) in [6, 6.07) is 40.0. The molecule has 0 aliphatic heterocycles. The highest BCUT2D eigenvalue weighted by molar-refractivity contribution is 7.95. The first-order chi connectivity index (χ1) is 21.9. The van der Waals surface area contributed by atoms with Crippen LogP contribution in [0.15, 0.2) is 115 Å². The number of carbonyl (C=O) groups excluding carboxylic acids is 1. The van der Waals surface area contributed by atoms with Crippen LogP contribution in [0, 0.1) is 0 Å². The molecule has 4 rings (SSSR count). The molecule has 0 aliphatic rings. The molecule has 0 heterocycles. The molecule has 5 heteroatoms. The first-order valence-electron chi connectivity index (χ1n) is 16.7. The van der Waals surface area contributed by atoms with Crippen LogP contribution in [-0.2, 0) is 17.6 Å². The second-order valence-electron chi connectivity index (χ2n) is 12.5. The SMILES string of the molecule is CCCCCCCCc1ccc(CCC(C)(CO)N(O)C(=O)CC[P+](c2ccccc2)(c2ccccc2)c2ccccc2)cc1. The molecule has 0 aliphatic carbocycles. The van der Waals surface area contributed by atoms with Crippen molar-refractivity contribution in [2.45, 2.75) is 83.6 Å². The summed E-state index contributed by atoms with van der Waals surface area (Å²) in [6.45, 7) is 3.70. The van der Waals surface area contributed by atoms with Crippen molar-refractivity contribution in [1.29, 1.82) is 0 Å². The maximum Gasteiger partial charge on any atom is 0.250 e. The molecule has 0 spiro atoms. The van der Waals surface area contributed by atoms with E-state index in [-0.39, 0.29) is 18.9 Å². The molecule has 0 saturated heterocycles. The fourth-order valence-electron chi connectivity index (χ4n) is 6.20. The second kappa shape index (κ2) is 17.4. The molecule has 4 aromatic carbocycles. The minimum Gasteiger partial charge on any atom is -0.394 e. The summed E-state index contributed by atoms with van der Waals surface area (Å²) in [6.07, 6.45) is 10.7. The highest BCUT2D eigenvalue weighted by Crippen LogP contribution is 2.55. The lowest BCUT2D eigenvalue weighted by molar-refractivity contribution is -0.198. The number of amides is 1. The van der Waals surface area contributed by atoms with Gasteiger partial charge in [-0.25, -0.2) is 5.06 Å². The summed E-state index contributed by atoms with van der Waals surface area (Å²) in [4.78, 5) is 13.7. The lowest BCUT2D eigenvalue weighted by Crippen LogP contribution is -2.51. The van der Waals surface area contributed by atoms with Crippen LogP contribution in [0.2, 0.25) is 0 Å². The average molecular weight is 625 g/mol. The van der Waals surface area contributed by atoms with Crippen LogP contribution in [0.4, 0.5) is 0 Å². The third kappa shape index (κ3) is 9.13. The zero-order valence-corrected chi connectivity index (χ0v) is 28.0. The standard InChI is InChI=1S/C40H51NO3P/c1-3-4-5-6-7-11-18-34-25-27-35(28-26-34)29-31-40(2,33-42)41(44)39(43)30-32-45(36-19-12-8-13-20-36,37-21-14-9-15-22-37)38-23-16-10-17-24-38/h8-10,12-17,19-28,42,44H,3-7,11,18,29-33H2,1-2H3/q+1. The van der Waals surface area contributed by atoms with Crippen LogP contribution in [0.3, 0.4) is 0 Å². The molecule has 4 aromatic rings. The van der Waals surface area contributed by atoms with Crippen molar-refractivity contribution in [2.75, 3.05) is 12.8 Å². The number of hydroxylamine groups is 2. The number of unbranched alkanes of at least 4 members (excludes halogenated alkanes) is 5. The summed E-state index contributed by atoms with van der Waals surface area (Å²) in [5.41, 5.74) is 1.41. The second-order valence-corrected chi connectivity index (χ2v) is 16.1. The van der Waals surface area contributed by atoms with E-state index in [4.69, 9.17) is 0 Å². The Morgan fingerprint density at radius 1 is 0.667 bits per heavy atom. The third-order valence-electron chi connectivity index (χ3n) is 9.13. The van der Waals surface area contributed by atoms with E-state index in [2.05, 4.69) is 104 Å². The number of carbonyl (C=O) groups is 1. The van der Waals surface area contributed by atoms with Gasteiger partial charge in [-0.2, -0.15) is 0 Å². The van der Waals surface area contributed by atoms with Crippen LogP contribution in [0.5, 0.6) is 0 Å². The summed E-state index contributed by atoms with van der Waals surface area (Å²) >= 11 is 0. The predicted molar refractivity (Wildman–Crippen MR) is 191 cm³/mol. The maximum absolute atomic E-state index is 13.7. The van der Waals surface area contributed by atoms with E-state index in [1.165, 1.54) is 60.0 Å². The molecule has 0 bridgehead atoms. The van der Waals surface area contributed by atoms with Crippen LogP contribution in [0.25, 0.3) is 0 Å². The van der Waals surface area contributed by atoms with E-state index in [0.29, 0.717) is 19.0 Å². The molecule has 238 valence electrons. The van der Waals surface area contributed by atoms with Gasteiger partial charge in [-0.15, -0.1) is 0 Å². The van der Waals surface area contributed by atoms with Crippen molar-refractivity contribution in [3.05, 3.63) is 126 Å². The normalized spacial score (nSPS) is 12.9. The van der Waals surface area contributed by atoms with Gasteiger partial charge in [0.2, 0.25) is 5.91 Å². The van der Waals surface area contributed by atoms with Crippen LogP contribution in [0.1, 0.15) is 76.3 Å². The van der Waals surface area contributed by atoms with Gasteiger partial charge in [-0.05, 0) is 80.1 Å². The zero-order chi connectivity index (χ0) is 32.0. The Bertz CT molecular complexity index is 1320. The van der Waals surface area contributed by atoms with Gasteiger partial charge in [0.05, 0.1) is 24.7 Å². The van der Waals surface area contributed by atoms with Gasteiger partial charge in [0.25, 0.3) is 0 Å². The lowest BCUT2D eigenvalue weighted by atomic mass is 9.92.